The van der Waals surface area contributed by atoms with Gasteiger partial charge in [-0.3, -0.25) is 4.79 Å². The molecule has 0 saturated heterocycles. The largest absolute Gasteiger partial charge is 0.465 e. The highest BCUT2D eigenvalue weighted by Crippen LogP contribution is 2.53. The van der Waals surface area contributed by atoms with Crippen molar-refractivity contribution in [2.45, 2.75) is 26.2 Å². The first-order valence-corrected chi connectivity index (χ1v) is 7.50. The van der Waals surface area contributed by atoms with Crippen LogP contribution in [0.2, 0.25) is 0 Å². The molecule has 2 aromatic rings. The van der Waals surface area contributed by atoms with Crippen molar-refractivity contribution < 1.29 is 9.53 Å². The van der Waals surface area contributed by atoms with E-state index in [0.717, 1.165) is 22.3 Å². The van der Waals surface area contributed by atoms with Crippen molar-refractivity contribution in [3.63, 3.8) is 0 Å². The van der Waals surface area contributed by atoms with Gasteiger partial charge in [-0.05, 0) is 35.1 Å². The molecule has 0 fully saturated rings. The molecule has 0 amide bonds. The fourth-order valence-electron chi connectivity index (χ4n) is 3.59. The molecule has 1 aliphatic carbocycles. The van der Waals surface area contributed by atoms with Gasteiger partial charge >= 0.3 is 5.97 Å². The number of benzene rings is 2. The lowest BCUT2D eigenvalue weighted by atomic mass is 9.70. The Hall–Kier alpha value is -2.09. The second-order valence-electron chi connectivity index (χ2n) is 5.77. The lowest BCUT2D eigenvalue weighted by molar-refractivity contribution is -0.150. The number of esters is 1. The van der Waals surface area contributed by atoms with E-state index >= 15 is 0 Å². The topological polar surface area (TPSA) is 26.3 Å². The average molecular weight is 280 g/mol. The van der Waals surface area contributed by atoms with Crippen LogP contribution in [-0.4, -0.2) is 12.6 Å². The highest BCUT2D eigenvalue weighted by atomic mass is 16.5. The number of ether oxygens (including phenoxy) is 1. The molecule has 0 unspecified atom stereocenters. The molecule has 0 aromatic heterocycles. The Bertz CT molecular complexity index is 640. The van der Waals surface area contributed by atoms with E-state index in [9.17, 15) is 4.79 Å². The molecule has 108 valence electrons. The molecule has 0 radical (unpaired) electrons. The van der Waals surface area contributed by atoms with Gasteiger partial charge < -0.3 is 4.74 Å². The van der Waals surface area contributed by atoms with Crippen LogP contribution in [0.5, 0.6) is 0 Å². The maximum Gasteiger partial charge on any atom is 0.321 e. The molecule has 0 bridgehead atoms. The summed E-state index contributed by atoms with van der Waals surface area (Å²) in [4.78, 5) is 12.9. The minimum absolute atomic E-state index is 0.126. The minimum atomic E-state index is -0.691. The van der Waals surface area contributed by atoms with Crippen LogP contribution in [0.3, 0.4) is 0 Å². The Morgan fingerprint density at radius 3 is 1.90 bits per heavy atom. The maximum absolute atomic E-state index is 12.9. The van der Waals surface area contributed by atoms with Gasteiger partial charge in [0.2, 0.25) is 0 Å². The summed E-state index contributed by atoms with van der Waals surface area (Å²) in [6.45, 7) is 6.45. The highest BCUT2D eigenvalue weighted by molar-refractivity contribution is 5.98. The smallest absolute Gasteiger partial charge is 0.321 e. The number of rotatable bonds is 3. The van der Waals surface area contributed by atoms with E-state index in [-0.39, 0.29) is 11.9 Å². The predicted molar refractivity (Wildman–Crippen MR) is 84.1 cm³/mol. The number of carbonyl (C=O) groups excluding carboxylic acids is 1. The summed E-state index contributed by atoms with van der Waals surface area (Å²) in [7, 11) is 0. The quantitative estimate of drug-likeness (QED) is 0.789. The maximum atomic E-state index is 12.9. The lowest BCUT2D eigenvalue weighted by Crippen LogP contribution is -2.41. The third-order valence-corrected chi connectivity index (χ3v) is 4.46. The fraction of sp³-hybridized carbons (Fsp3) is 0.316. The van der Waals surface area contributed by atoms with Crippen molar-refractivity contribution in [3.8, 4) is 11.1 Å². The first kappa shape index (κ1) is 13.9. The SMILES string of the molecule is CCOC(=O)C1(C(C)C)c2ccccc2-c2ccccc21. The van der Waals surface area contributed by atoms with Gasteiger partial charge in [0.05, 0.1) is 6.61 Å². The van der Waals surface area contributed by atoms with Gasteiger partial charge in [0.1, 0.15) is 5.41 Å². The van der Waals surface area contributed by atoms with Crippen LogP contribution in [0.1, 0.15) is 31.9 Å². The summed E-state index contributed by atoms with van der Waals surface area (Å²) in [6, 6.07) is 16.4. The average Bonchev–Trinajstić information content (AvgIpc) is 2.79. The molecule has 2 heteroatoms. The lowest BCUT2D eigenvalue weighted by Gasteiger charge is -2.33. The Balaban J connectivity index is 2.36. The summed E-state index contributed by atoms with van der Waals surface area (Å²) in [5.41, 5.74) is 3.74. The van der Waals surface area contributed by atoms with Gasteiger partial charge in [0, 0.05) is 0 Å². The van der Waals surface area contributed by atoms with Crippen LogP contribution >= 0.6 is 0 Å². The molecule has 2 aromatic carbocycles. The molecular formula is C19H20O2. The second-order valence-corrected chi connectivity index (χ2v) is 5.77. The van der Waals surface area contributed by atoms with E-state index in [1.165, 1.54) is 0 Å². The molecule has 1 aliphatic rings. The van der Waals surface area contributed by atoms with Crippen LogP contribution in [0.15, 0.2) is 48.5 Å². The Labute approximate surface area is 125 Å². The minimum Gasteiger partial charge on any atom is -0.465 e. The van der Waals surface area contributed by atoms with Gasteiger partial charge in [-0.1, -0.05) is 62.4 Å². The van der Waals surface area contributed by atoms with Crippen LogP contribution < -0.4 is 0 Å². The van der Waals surface area contributed by atoms with Crippen molar-refractivity contribution >= 4 is 5.97 Å². The number of hydrogen-bond donors (Lipinski definition) is 0. The molecule has 0 saturated carbocycles. The van der Waals surface area contributed by atoms with Gasteiger partial charge in [-0.15, -0.1) is 0 Å². The van der Waals surface area contributed by atoms with E-state index in [1.54, 1.807) is 0 Å². The van der Waals surface area contributed by atoms with Crippen molar-refractivity contribution in [3.05, 3.63) is 59.7 Å². The van der Waals surface area contributed by atoms with Gasteiger partial charge in [0.15, 0.2) is 0 Å². The van der Waals surface area contributed by atoms with Gasteiger partial charge in [0.25, 0.3) is 0 Å². The zero-order chi connectivity index (χ0) is 15.0. The van der Waals surface area contributed by atoms with Crippen molar-refractivity contribution in [1.29, 1.82) is 0 Å². The number of hydrogen-bond acceptors (Lipinski definition) is 2. The highest BCUT2D eigenvalue weighted by Gasteiger charge is 2.52. The molecule has 0 N–H and O–H groups in total. The Kier molecular flexibility index (Phi) is 3.32. The van der Waals surface area contributed by atoms with Crippen LogP contribution in [-0.2, 0) is 14.9 Å². The van der Waals surface area contributed by atoms with Crippen LogP contribution in [0, 0.1) is 5.92 Å². The normalized spacial score (nSPS) is 14.7. The molecule has 0 aliphatic heterocycles. The van der Waals surface area contributed by atoms with Crippen molar-refractivity contribution in [2.75, 3.05) is 6.61 Å². The monoisotopic (exact) mass is 280 g/mol. The van der Waals surface area contributed by atoms with Gasteiger partial charge in [-0.2, -0.15) is 0 Å². The summed E-state index contributed by atoms with van der Waals surface area (Å²) in [6.07, 6.45) is 0. The summed E-state index contributed by atoms with van der Waals surface area (Å²) < 4.78 is 5.47. The third-order valence-electron chi connectivity index (χ3n) is 4.46. The zero-order valence-electron chi connectivity index (χ0n) is 12.7. The summed E-state index contributed by atoms with van der Waals surface area (Å²) in [5, 5.41) is 0. The van der Waals surface area contributed by atoms with Crippen LogP contribution in [0.4, 0.5) is 0 Å². The van der Waals surface area contributed by atoms with Crippen molar-refractivity contribution in [2.24, 2.45) is 5.92 Å². The van der Waals surface area contributed by atoms with E-state index < -0.39 is 5.41 Å². The Morgan fingerprint density at radius 2 is 1.48 bits per heavy atom. The van der Waals surface area contributed by atoms with Crippen molar-refractivity contribution in [1.82, 2.24) is 0 Å². The summed E-state index contributed by atoms with van der Waals surface area (Å²) in [5.74, 6) is -0.0150. The molecule has 0 atom stereocenters. The standard InChI is InChI=1S/C19H20O2/c1-4-21-18(20)19(13(2)3)16-11-7-5-9-14(16)15-10-6-8-12-17(15)19/h5-13H,4H2,1-3H3. The second kappa shape index (κ2) is 5.03. The fourth-order valence-corrected chi connectivity index (χ4v) is 3.59. The van der Waals surface area contributed by atoms with Gasteiger partial charge in [-0.25, -0.2) is 0 Å². The molecule has 2 nitrogen and oxygen atoms in total. The molecule has 21 heavy (non-hydrogen) atoms. The number of carbonyl (C=O) groups is 1. The first-order valence-electron chi connectivity index (χ1n) is 7.50. The molecule has 3 rings (SSSR count). The van der Waals surface area contributed by atoms with E-state index in [4.69, 9.17) is 4.74 Å². The molecular weight excluding hydrogens is 260 g/mol. The summed E-state index contributed by atoms with van der Waals surface area (Å²) >= 11 is 0. The Morgan fingerprint density at radius 1 is 1.00 bits per heavy atom. The van der Waals surface area contributed by atoms with Crippen LogP contribution in [0.25, 0.3) is 11.1 Å². The predicted octanol–water partition coefficient (Wildman–Crippen LogP) is 4.17. The molecule has 0 heterocycles. The van der Waals surface area contributed by atoms with E-state index in [1.807, 2.05) is 31.2 Å². The van der Waals surface area contributed by atoms with E-state index in [2.05, 4.69) is 38.1 Å². The molecule has 0 spiro atoms. The third kappa shape index (κ3) is 1.75. The van der Waals surface area contributed by atoms with E-state index in [0.29, 0.717) is 6.61 Å². The zero-order valence-corrected chi connectivity index (χ0v) is 12.7. The number of fused-ring (bicyclic) bond motifs is 3. The first-order chi connectivity index (χ1) is 10.1.